The van der Waals surface area contributed by atoms with E-state index in [1.807, 2.05) is 0 Å². The second-order valence-electron chi connectivity index (χ2n) is 5.27. The van der Waals surface area contributed by atoms with Gasteiger partial charge in [0.25, 0.3) is 5.56 Å². The first-order valence-corrected chi connectivity index (χ1v) is 6.64. The van der Waals surface area contributed by atoms with Crippen molar-refractivity contribution in [2.24, 2.45) is 0 Å². The molecule has 2 aliphatic heterocycles. The molecule has 0 aromatic carbocycles. The Morgan fingerprint density at radius 2 is 2.15 bits per heavy atom. The summed E-state index contributed by atoms with van der Waals surface area (Å²) in [6.07, 6.45) is 0.363. The number of aromatic nitrogens is 1. The van der Waals surface area contributed by atoms with Gasteiger partial charge >= 0.3 is 5.97 Å². The van der Waals surface area contributed by atoms with E-state index in [0.29, 0.717) is 24.2 Å². The maximum Gasteiger partial charge on any atom is 0.309 e. The number of hydrogen-bond acceptors (Lipinski definition) is 5. The van der Waals surface area contributed by atoms with Crippen LogP contribution in [0.4, 0.5) is 0 Å². The molecule has 0 aliphatic carbocycles. The Balaban J connectivity index is 2.30. The van der Waals surface area contributed by atoms with Crippen LogP contribution in [0.15, 0.2) is 10.9 Å². The molecule has 1 aromatic heterocycles. The highest BCUT2D eigenvalue weighted by Crippen LogP contribution is 2.34. The van der Waals surface area contributed by atoms with Gasteiger partial charge in [-0.2, -0.15) is 0 Å². The third kappa shape index (κ3) is 1.71. The van der Waals surface area contributed by atoms with Crippen molar-refractivity contribution in [2.45, 2.75) is 44.9 Å². The van der Waals surface area contributed by atoms with Gasteiger partial charge in [0.2, 0.25) is 0 Å². The number of hydrogen-bond donors (Lipinski definition) is 1. The van der Waals surface area contributed by atoms with Crippen molar-refractivity contribution in [2.75, 3.05) is 0 Å². The summed E-state index contributed by atoms with van der Waals surface area (Å²) in [5.41, 5.74) is -0.837. The number of esters is 1. The van der Waals surface area contributed by atoms with Crippen LogP contribution in [0.5, 0.6) is 0 Å². The number of cyclic esters (lactones) is 1. The molecule has 0 spiro atoms. The van der Waals surface area contributed by atoms with E-state index in [1.54, 1.807) is 13.0 Å². The van der Waals surface area contributed by atoms with Crippen molar-refractivity contribution in [1.82, 2.24) is 4.57 Å². The molecule has 1 aromatic rings. The van der Waals surface area contributed by atoms with Crippen LogP contribution in [0, 0.1) is 0 Å². The van der Waals surface area contributed by atoms with Crippen molar-refractivity contribution in [3.8, 4) is 0 Å². The molecule has 1 N–H and O–H groups in total. The van der Waals surface area contributed by atoms with Crippen LogP contribution in [0.3, 0.4) is 0 Å². The number of rotatable bonds is 1. The topological polar surface area (TPSA) is 85.6 Å². The van der Waals surface area contributed by atoms with Gasteiger partial charge in [-0.05, 0) is 18.1 Å². The minimum Gasteiger partial charge on any atom is -0.460 e. The molecule has 1 atom stereocenters. The Kier molecular flexibility index (Phi) is 2.79. The molecule has 0 amide bonds. The fourth-order valence-corrected chi connectivity index (χ4v) is 2.89. The number of ketones is 1. The van der Waals surface area contributed by atoms with Gasteiger partial charge in [0.1, 0.15) is 12.2 Å². The average Bonchev–Trinajstić information content (AvgIpc) is 2.72. The van der Waals surface area contributed by atoms with E-state index in [0.717, 1.165) is 0 Å². The summed E-state index contributed by atoms with van der Waals surface area (Å²) in [6.45, 7) is 1.93. The fourth-order valence-electron chi connectivity index (χ4n) is 2.89. The van der Waals surface area contributed by atoms with Gasteiger partial charge in [-0.3, -0.25) is 14.4 Å². The predicted molar refractivity (Wildman–Crippen MR) is 68.3 cm³/mol. The van der Waals surface area contributed by atoms with E-state index < -0.39 is 11.6 Å². The van der Waals surface area contributed by atoms with Crippen molar-refractivity contribution >= 4 is 11.8 Å². The zero-order chi connectivity index (χ0) is 14.5. The molecule has 2 aliphatic rings. The third-order valence-corrected chi connectivity index (χ3v) is 4.15. The number of nitrogens with zero attached hydrogens (tertiary/aromatic N) is 1. The minimum atomic E-state index is -1.44. The SMILES string of the molecule is CCC1(O)CC(=O)OCc2c1cc1n(c2=O)CCC1=O. The van der Waals surface area contributed by atoms with E-state index in [-0.39, 0.29) is 36.4 Å². The fraction of sp³-hybridized carbons (Fsp3) is 0.500. The molecule has 0 saturated heterocycles. The number of Topliss-reactive ketones (excluding diaryl/α,β-unsaturated/α-hetero) is 1. The molecule has 0 radical (unpaired) electrons. The van der Waals surface area contributed by atoms with Gasteiger partial charge in [-0.1, -0.05) is 6.92 Å². The number of ether oxygens (including phenoxy) is 1. The van der Waals surface area contributed by atoms with Gasteiger partial charge in [-0.15, -0.1) is 0 Å². The van der Waals surface area contributed by atoms with E-state index in [2.05, 4.69) is 0 Å². The van der Waals surface area contributed by atoms with E-state index in [4.69, 9.17) is 4.74 Å². The van der Waals surface area contributed by atoms with Gasteiger partial charge in [0, 0.05) is 13.0 Å². The highest BCUT2D eigenvalue weighted by atomic mass is 16.5. The molecule has 1 unspecified atom stereocenters. The molecule has 3 rings (SSSR count). The van der Waals surface area contributed by atoms with E-state index in [9.17, 15) is 19.5 Å². The normalized spacial score (nSPS) is 24.9. The number of carbonyl (C=O) groups is 2. The molecule has 0 fully saturated rings. The van der Waals surface area contributed by atoms with Crippen molar-refractivity contribution in [3.63, 3.8) is 0 Å². The molecule has 0 bridgehead atoms. The lowest BCUT2D eigenvalue weighted by Gasteiger charge is -2.26. The lowest BCUT2D eigenvalue weighted by Crippen LogP contribution is -2.33. The second-order valence-corrected chi connectivity index (χ2v) is 5.27. The summed E-state index contributed by atoms with van der Waals surface area (Å²) in [5, 5.41) is 10.7. The largest absolute Gasteiger partial charge is 0.460 e. The quantitative estimate of drug-likeness (QED) is 0.755. The first-order chi connectivity index (χ1) is 9.46. The number of carbonyl (C=O) groups excluding carboxylic acids is 2. The van der Waals surface area contributed by atoms with E-state index >= 15 is 0 Å². The monoisotopic (exact) mass is 277 g/mol. The minimum absolute atomic E-state index is 0.111. The molecule has 6 heteroatoms. The zero-order valence-corrected chi connectivity index (χ0v) is 11.1. The highest BCUT2D eigenvalue weighted by Gasteiger charge is 2.39. The summed E-state index contributed by atoms with van der Waals surface area (Å²) >= 11 is 0. The third-order valence-electron chi connectivity index (χ3n) is 4.15. The Morgan fingerprint density at radius 3 is 2.85 bits per heavy atom. The molecule has 3 heterocycles. The molecule has 0 saturated carbocycles. The Hall–Kier alpha value is -1.95. The first kappa shape index (κ1) is 13.1. The number of pyridine rings is 1. The summed E-state index contributed by atoms with van der Waals surface area (Å²) in [6, 6.07) is 1.55. The second kappa shape index (κ2) is 4.28. The Bertz CT molecular complexity index is 675. The molecular weight excluding hydrogens is 262 g/mol. The number of fused-ring (bicyclic) bond motifs is 2. The Labute approximate surface area is 115 Å². The van der Waals surface area contributed by atoms with Gasteiger partial charge in [0.15, 0.2) is 5.78 Å². The maximum absolute atomic E-state index is 12.4. The zero-order valence-electron chi connectivity index (χ0n) is 11.1. The van der Waals surface area contributed by atoms with Gasteiger partial charge in [-0.25, -0.2) is 0 Å². The van der Waals surface area contributed by atoms with Crippen molar-refractivity contribution in [1.29, 1.82) is 0 Å². The van der Waals surface area contributed by atoms with Crippen LogP contribution >= 0.6 is 0 Å². The lowest BCUT2D eigenvalue weighted by atomic mass is 9.85. The summed E-state index contributed by atoms with van der Waals surface area (Å²) in [5.74, 6) is -0.652. The molecule has 20 heavy (non-hydrogen) atoms. The average molecular weight is 277 g/mol. The molecular formula is C14H15NO5. The van der Waals surface area contributed by atoms with Crippen LogP contribution < -0.4 is 5.56 Å². The van der Waals surface area contributed by atoms with Crippen LogP contribution in [0.2, 0.25) is 0 Å². The smallest absolute Gasteiger partial charge is 0.309 e. The van der Waals surface area contributed by atoms with Crippen LogP contribution in [0.1, 0.15) is 47.8 Å². The van der Waals surface area contributed by atoms with Crippen molar-refractivity contribution in [3.05, 3.63) is 33.2 Å². The molecule has 6 nitrogen and oxygen atoms in total. The number of aliphatic hydroxyl groups is 1. The summed E-state index contributed by atoms with van der Waals surface area (Å²) in [4.78, 5) is 35.8. The van der Waals surface area contributed by atoms with Crippen molar-refractivity contribution < 1.29 is 19.4 Å². The lowest BCUT2D eigenvalue weighted by molar-refractivity contribution is -0.149. The first-order valence-electron chi connectivity index (χ1n) is 6.64. The highest BCUT2D eigenvalue weighted by molar-refractivity contribution is 5.96. The van der Waals surface area contributed by atoms with Crippen LogP contribution in [-0.4, -0.2) is 21.4 Å². The van der Waals surface area contributed by atoms with Crippen LogP contribution in [0.25, 0.3) is 0 Å². The summed E-state index contributed by atoms with van der Waals surface area (Å²) < 4.78 is 6.40. The van der Waals surface area contributed by atoms with Gasteiger partial charge in [0.05, 0.1) is 17.7 Å². The van der Waals surface area contributed by atoms with E-state index in [1.165, 1.54) is 4.57 Å². The predicted octanol–water partition coefficient (Wildman–Crippen LogP) is 0.479. The molecule has 106 valence electrons. The standard InChI is InChI=1S/C14H15NO5/c1-2-14(19)6-12(17)20-7-8-9(14)5-10-11(16)3-4-15(10)13(8)18/h5,19H,2-4,6-7H2,1H3. The Morgan fingerprint density at radius 1 is 1.40 bits per heavy atom. The van der Waals surface area contributed by atoms with Gasteiger partial charge < -0.3 is 14.4 Å². The maximum atomic E-state index is 12.4. The van der Waals surface area contributed by atoms with Crippen LogP contribution in [-0.2, 0) is 28.3 Å². The summed E-state index contributed by atoms with van der Waals surface area (Å²) in [7, 11) is 0.